The number of rotatable bonds is 4. The molecular weight excluding hydrogens is 346 g/mol. The maximum atomic E-state index is 12.7. The Morgan fingerprint density at radius 2 is 2.07 bits per heavy atom. The van der Waals surface area contributed by atoms with E-state index in [0.29, 0.717) is 5.92 Å². The number of ketones is 1. The molecule has 5 rings (SSSR count). The zero-order valence-electron chi connectivity index (χ0n) is 16.9. The molecule has 1 saturated carbocycles. The van der Waals surface area contributed by atoms with Crippen molar-refractivity contribution in [3.63, 3.8) is 0 Å². The molecule has 2 atom stereocenters. The summed E-state index contributed by atoms with van der Waals surface area (Å²) >= 11 is 0. The highest BCUT2D eigenvalue weighted by molar-refractivity contribution is 6.08. The lowest BCUT2D eigenvalue weighted by Gasteiger charge is -2.30. The first-order chi connectivity index (χ1) is 13.5. The molecule has 1 saturated heterocycles. The molecule has 2 unspecified atom stereocenters. The van der Waals surface area contributed by atoms with Gasteiger partial charge < -0.3 is 14.9 Å². The molecule has 3 aliphatic rings. The Kier molecular flexibility index (Phi) is 4.11. The van der Waals surface area contributed by atoms with Gasteiger partial charge in [0, 0.05) is 35.6 Å². The maximum absolute atomic E-state index is 12.7. The second kappa shape index (κ2) is 6.26. The fourth-order valence-electron chi connectivity index (χ4n) is 4.93. The average molecular weight is 374 g/mol. The van der Waals surface area contributed by atoms with Gasteiger partial charge >= 0.3 is 0 Å². The molecule has 4 heteroatoms. The van der Waals surface area contributed by atoms with Crippen LogP contribution in [0.3, 0.4) is 0 Å². The van der Waals surface area contributed by atoms with Crippen LogP contribution in [0.25, 0.3) is 17.8 Å². The third-order valence-corrected chi connectivity index (χ3v) is 6.23. The Labute approximate surface area is 166 Å². The van der Waals surface area contributed by atoms with E-state index in [1.165, 1.54) is 11.1 Å². The summed E-state index contributed by atoms with van der Waals surface area (Å²) in [6.45, 7) is 19.0. The van der Waals surface area contributed by atoms with E-state index in [0.717, 1.165) is 47.0 Å². The molecule has 2 aromatic rings. The average Bonchev–Trinajstić information content (AvgIpc) is 3.05. The Balaban J connectivity index is 0.000000932. The predicted molar refractivity (Wildman–Crippen MR) is 116 cm³/mol. The lowest BCUT2D eigenvalue weighted by atomic mass is 9.83. The van der Waals surface area contributed by atoms with Crippen LogP contribution in [0.5, 0.6) is 0 Å². The number of carbonyl (C=O) groups is 1. The number of allylic oxidation sites excluding steroid dienone is 2. The highest BCUT2D eigenvalue weighted by atomic mass is 16.1. The van der Waals surface area contributed by atoms with Crippen LogP contribution in [0.4, 0.5) is 0 Å². The summed E-state index contributed by atoms with van der Waals surface area (Å²) in [6, 6.07) is 2.04. The zero-order chi connectivity index (χ0) is 20.2. The highest BCUT2D eigenvalue weighted by Crippen LogP contribution is 2.68. The number of hydrogen-bond acceptors (Lipinski definition) is 2. The van der Waals surface area contributed by atoms with Crippen molar-refractivity contribution in [3.8, 4) is 0 Å². The van der Waals surface area contributed by atoms with Crippen LogP contribution in [0, 0.1) is 12.8 Å². The first-order valence-corrected chi connectivity index (χ1v) is 9.91. The van der Waals surface area contributed by atoms with Crippen molar-refractivity contribution in [2.75, 3.05) is 6.54 Å². The van der Waals surface area contributed by atoms with E-state index in [1.54, 1.807) is 6.08 Å². The monoisotopic (exact) mass is 373 g/mol. The van der Waals surface area contributed by atoms with E-state index in [4.69, 9.17) is 0 Å². The van der Waals surface area contributed by atoms with Crippen molar-refractivity contribution >= 4 is 23.6 Å². The van der Waals surface area contributed by atoms with Gasteiger partial charge in [0.25, 0.3) is 0 Å². The minimum Gasteiger partial charge on any atom is -0.358 e. The Morgan fingerprint density at radius 3 is 2.71 bits per heavy atom. The first-order valence-electron chi connectivity index (χ1n) is 9.91. The number of aromatic amines is 2. The van der Waals surface area contributed by atoms with Gasteiger partial charge in [-0.2, -0.15) is 0 Å². The normalized spacial score (nSPS) is 23.7. The van der Waals surface area contributed by atoms with Crippen molar-refractivity contribution in [1.82, 2.24) is 14.9 Å². The van der Waals surface area contributed by atoms with Gasteiger partial charge in [-0.25, -0.2) is 0 Å². The molecule has 0 amide bonds. The third kappa shape index (κ3) is 2.21. The molecule has 28 heavy (non-hydrogen) atoms. The number of nitrogens with one attached hydrogen (secondary N) is 2. The SMILES string of the molecule is C=Cc1cc(C(=C)N2CC3CC34C2=CC(=O)c2[nH]cc(C)c24)[nH]c1C=C.CC. The van der Waals surface area contributed by atoms with E-state index in [1.807, 2.05) is 38.3 Å². The van der Waals surface area contributed by atoms with E-state index < -0.39 is 0 Å². The summed E-state index contributed by atoms with van der Waals surface area (Å²) in [5.41, 5.74) is 8.01. The number of fused-ring (bicyclic) bond motifs is 1. The van der Waals surface area contributed by atoms with E-state index in [2.05, 4.69) is 41.5 Å². The number of likely N-dealkylation sites (tertiary alicyclic amines) is 1. The van der Waals surface area contributed by atoms with Crippen molar-refractivity contribution in [2.45, 2.75) is 32.6 Å². The number of hydrogen-bond donors (Lipinski definition) is 2. The van der Waals surface area contributed by atoms with Crippen molar-refractivity contribution in [2.24, 2.45) is 5.92 Å². The van der Waals surface area contributed by atoms with Crippen LogP contribution in [0.15, 0.2) is 43.8 Å². The van der Waals surface area contributed by atoms with Gasteiger partial charge in [0.05, 0.1) is 17.1 Å². The second-order valence-corrected chi connectivity index (χ2v) is 7.51. The number of aromatic nitrogens is 2. The quantitative estimate of drug-likeness (QED) is 0.765. The van der Waals surface area contributed by atoms with Crippen LogP contribution in [-0.2, 0) is 5.41 Å². The molecular formula is C24H27N3O. The summed E-state index contributed by atoms with van der Waals surface area (Å²) in [5.74, 6) is 0.601. The molecule has 2 fully saturated rings. The van der Waals surface area contributed by atoms with Gasteiger partial charge in [-0.05, 0) is 48.1 Å². The van der Waals surface area contributed by atoms with Crippen LogP contribution < -0.4 is 0 Å². The van der Waals surface area contributed by atoms with Gasteiger partial charge in [-0.3, -0.25) is 4.79 Å². The minimum atomic E-state index is -0.00854. The number of H-pyrrole nitrogens is 2. The topological polar surface area (TPSA) is 51.9 Å². The molecule has 4 nitrogen and oxygen atoms in total. The van der Waals surface area contributed by atoms with Crippen LogP contribution in [0.1, 0.15) is 58.8 Å². The first kappa shape index (κ1) is 18.4. The molecule has 2 aromatic heterocycles. The molecule has 2 N–H and O–H groups in total. The summed E-state index contributed by atoms with van der Waals surface area (Å²) in [4.78, 5) is 21.4. The summed E-state index contributed by atoms with van der Waals surface area (Å²) in [5, 5.41) is 0. The Morgan fingerprint density at radius 1 is 1.32 bits per heavy atom. The molecule has 144 valence electrons. The second-order valence-electron chi connectivity index (χ2n) is 7.51. The van der Waals surface area contributed by atoms with Gasteiger partial charge in [0.15, 0.2) is 0 Å². The predicted octanol–water partition coefficient (Wildman–Crippen LogP) is 5.29. The maximum Gasteiger partial charge on any atom is 0.204 e. The zero-order valence-corrected chi connectivity index (χ0v) is 16.9. The summed E-state index contributed by atoms with van der Waals surface area (Å²) < 4.78 is 0. The van der Waals surface area contributed by atoms with Crippen molar-refractivity contribution in [1.29, 1.82) is 0 Å². The summed E-state index contributed by atoms with van der Waals surface area (Å²) in [7, 11) is 0. The molecule has 1 spiro atoms. The van der Waals surface area contributed by atoms with Gasteiger partial charge in [0.1, 0.15) is 0 Å². The smallest absolute Gasteiger partial charge is 0.204 e. The molecule has 2 aliphatic carbocycles. The standard InChI is InChI=1S/C22H21N3O.C2H6/c1-5-14-7-17(24-16(14)6-2)13(4)25-11-15-9-22(15)19(25)8-18(26)21-20(22)12(3)10-23-21;1-2/h5-8,10,15,23-24H,1-2,4,9,11H2,3H3;1-2H3. The highest BCUT2D eigenvalue weighted by Gasteiger charge is 2.67. The van der Waals surface area contributed by atoms with Gasteiger partial charge in [-0.1, -0.05) is 39.7 Å². The molecule has 0 aromatic carbocycles. The Bertz CT molecular complexity index is 1020. The van der Waals surface area contributed by atoms with Gasteiger partial charge in [-0.15, -0.1) is 0 Å². The van der Waals surface area contributed by atoms with E-state index in [-0.39, 0.29) is 11.2 Å². The summed E-state index contributed by atoms with van der Waals surface area (Å²) in [6.07, 6.45) is 8.48. The lowest BCUT2D eigenvalue weighted by Crippen LogP contribution is -2.28. The third-order valence-electron chi connectivity index (χ3n) is 6.23. The minimum absolute atomic E-state index is 0.00854. The van der Waals surface area contributed by atoms with Crippen molar-refractivity contribution < 1.29 is 4.79 Å². The lowest BCUT2D eigenvalue weighted by molar-refractivity contribution is 0.103. The van der Waals surface area contributed by atoms with Gasteiger partial charge in [0.2, 0.25) is 5.78 Å². The Hall–Kier alpha value is -3.01. The van der Waals surface area contributed by atoms with E-state index in [9.17, 15) is 4.79 Å². The largest absolute Gasteiger partial charge is 0.358 e. The molecule has 0 radical (unpaired) electrons. The van der Waals surface area contributed by atoms with Crippen LogP contribution in [0.2, 0.25) is 0 Å². The number of carbonyl (C=O) groups excluding carboxylic acids is 1. The number of piperidine rings is 1. The molecule has 3 heterocycles. The van der Waals surface area contributed by atoms with Crippen LogP contribution in [-0.4, -0.2) is 27.2 Å². The fourth-order valence-corrected chi connectivity index (χ4v) is 4.93. The van der Waals surface area contributed by atoms with Crippen LogP contribution >= 0.6 is 0 Å². The number of nitrogens with zero attached hydrogens (tertiary/aromatic N) is 1. The number of aryl methyl sites for hydroxylation is 1. The fraction of sp³-hybridized carbons (Fsp3) is 0.292. The molecule has 0 bridgehead atoms. The van der Waals surface area contributed by atoms with Crippen molar-refractivity contribution in [3.05, 3.63) is 77.5 Å². The molecule has 1 aliphatic heterocycles. The van der Waals surface area contributed by atoms with E-state index >= 15 is 0 Å².